The molecule has 0 spiro atoms. The molecule has 2 rings (SSSR count). The quantitative estimate of drug-likeness (QED) is 0.771. The molecule has 0 aliphatic carbocycles. The van der Waals surface area contributed by atoms with E-state index in [-0.39, 0.29) is 12.0 Å². The predicted molar refractivity (Wildman–Crippen MR) is 71.5 cm³/mol. The van der Waals surface area contributed by atoms with Crippen molar-refractivity contribution in [3.8, 4) is 0 Å². The van der Waals surface area contributed by atoms with Crippen LogP contribution in [0.25, 0.3) is 0 Å². The molecule has 1 unspecified atom stereocenters. The van der Waals surface area contributed by atoms with Crippen LogP contribution in [0.2, 0.25) is 0 Å². The highest BCUT2D eigenvalue weighted by molar-refractivity contribution is 5.96. The molecule has 1 aromatic carbocycles. The third kappa shape index (κ3) is 2.82. The first-order valence-corrected chi connectivity index (χ1v) is 6.35. The van der Waals surface area contributed by atoms with Gasteiger partial charge >= 0.3 is 0 Å². The number of aryl methyl sites for hydroxylation is 1. The Kier molecular flexibility index (Phi) is 3.87. The molecular formula is C14H20N2O2. The van der Waals surface area contributed by atoms with E-state index < -0.39 is 0 Å². The zero-order valence-corrected chi connectivity index (χ0v) is 11.0. The highest BCUT2D eigenvalue weighted by Crippen LogP contribution is 2.17. The van der Waals surface area contributed by atoms with Crippen molar-refractivity contribution in [1.82, 2.24) is 4.90 Å². The number of nitrogen functional groups attached to an aromatic ring is 1. The van der Waals surface area contributed by atoms with Crippen LogP contribution < -0.4 is 5.73 Å². The van der Waals surface area contributed by atoms with Gasteiger partial charge in [0, 0.05) is 30.9 Å². The topological polar surface area (TPSA) is 55.6 Å². The van der Waals surface area contributed by atoms with Gasteiger partial charge in [0.25, 0.3) is 5.91 Å². The summed E-state index contributed by atoms with van der Waals surface area (Å²) in [6.45, 7) is 6.05. The second kappa shape index (κ2) is 5.40. The lowest BCUT2D eigenvalue weighted by molar-refractivity contribution is 0.0562. The molecule has 4 nitrogen and oxygen atoms in total. The van der Waals surface area contributed by atoms with E-state index in [1.807, 2.05) is 30.9 Å². The van der Waals surface area contributed by atoms with E-state index in [1.165, 1.54) is 0 Å². The van der Waals surface area contributed by atoms with E-state index in [2.05, 4.69) is 0 Å². The van der Waals surface area contributed by atoms with Gasteiger partial charge in [0.2, 0.25) is 0 Å². The third-order valence-electron chi connectivity index (χ3n) is 3.23. The third-order valence-corrected chi connectivity index (χ3v) is 3.23. The minimum atomic E-state index is 0.0529. The number of carbonyl (C=O) groups excluding carboxylic acids is 1. The number of carbonyl (C=O) groups is 1. The van der Waals surface area contributed by atoms with Crippen LogP contribution in [-0.4, -0.2) is 36.6 Å². The Bertz CT molecular complexity index is 445. The Hall–Kier alpha value is -1.55. The van der Waals surface area contributed by atoms with Crippen LogP contribution in [0.1, 0.15) is 29.3 Å². The summed E-state index contributed by atoms with van der Waals surface area (Å²) in [4.78, 5) is 14.3. The largest absolute Gasteiger partial charge is 0.399 e. The number of amides is 1. The van der Waals surface area contributed by atoms with Gasteiger partial charge < -0.3 is 15.4 Å². The molecule has 1 fully saturated rings. The van der Waals surface area contributed by atoms with Gasteiger partial charge in [0.1, 0.15) is 0 Å². The number of anilines is 1. The Labute approximate surface area is 108 Å². The standard InChI is InChI=1S/C14H20N2O2/c1-10-4-5-12(15)8-13(10)14(17)16-6-3-7-18-11(2)9-16/h4-5,8,11H,3,6-7,9,15H2,1-2H3. The number of nitrogens with two attached hydrogens (primary N) is 1. The van der Waals surface area contributed by atoms with Crippen molar-refractivity contribution in [3.63, 3.8) is 0 Å². The summed E-state index contributed by atoms with van der Waals surface area (Å²) in [5.41, 5.74) is 8.05. The fraction of sp³-hybridized carbons (Fsp3) is 0.500. The van der Waals surface area contributed by atoms with Gasteiger partial charge in [-0.1, -0.05) is 6.07 Å². The van der Waals surface area contributed by atoms with Crippen molar-refractivity contribution in [1.29, 1.82) is 0 Å². The maximum Gasteiger partial charge on any atom is 0.254 e. The molecule has 1 aliphatic rings. The summed E-state index contributed by atoms with van der Waals surface area (Å²) in [6, 6.07) is 5.47. The second-order valence-corrected chi connectivity index (χ2v) is 4.86. The maximum atomic E-state index is 12.5. The molecule has 1 aromatic rings. The number of rotatable bonds is 1. The van der Waals surface area contributed by atoms with E-state index >= 15 is 0 Å². The van der Waals surface area contributed by atoms with Gasteiger partial charge in [-0.2, -0.15) is 0 Å². The molecule has 1 amide bonds. The number of hydrogen-bond donors (Lipinski definition) is 1. The predicted octanol–water partition coefficient (Wildman–Crippen LogP) is 1.83. The van der Waals surface area contributed by atoms with E-state index in [0.717, 1.165) is 25.1 Å². The van der Waals surface area contributed by atoms with Crippen LogP contribution >= 0.6 is 0 Å². The van der Waals surface area contributed by atoms with Gasteiger partial charge in [0.05, 0.1) is 6.10 Å². The minimum absolute atomic E-state index is 0.0529. The number of ether oxygens (including phenoxy) is 1. The van der Waals surface area contributed by atoms with Crippen LogP contribution in [0.5, 0.6) is 0 Å². The lowest BCUT2D eigenvalue weighted by Gasteiger charge is -2.23. The van der Waals surface area contributed by atoms with Crippen molar-refractivity contribution in [2.75, 3.05) is 25.4 Å². The summed E-state index contributed by atoms with van der Waals surface area (Å²) < 4.78 is 5.55. The average Bonchev–Trinajstić information content (AvgIpc) is 2.56. The van der Waals surface area contributed by atoms with Gasteiger partial charge in [-0.15, -0.1) is 0 Å². The van der Waals surface area contributed by atoms with Crippen molar-refractivity contribution in [3.05, 3.63) is 29.3 Å². The molecule has 1 aliphatic heterocycles. The molecule has 1 atom stereocenters. The zero-order valence-electron chi connectivity index (χ0n) is 11.0. The van der Waals surface area contributed by atoms with Crippen LogP contribution in [0.4, 0.5) is 5.69 Å². The molecule has 1 saturated heterocycles. The SMILES string of the molecule is Cc1ccc(N)cc1C(=O)N1CCCOC(C)C1. The number of nitrogens with zero attached hydrogens (tertiary/aromatic N) is 1. The van der Waals surface area contributed by atoms with Crippen molar-refractivity contribution in [2.45, 2.75) is 26.4 Å². The lowest BCUT2D eigenvalue weighted by Crippen LogP contribution is -2.36. The molecule has 1 heterocycles. The van der Waals surface area contributed by atoms with Gasteiger partial charge in [0.15, 0.2) is 0 Å². The van der Waals surface area contributed by atoms with Crippen molar-refractivity contribution < 1.29 is 9.53 Å². The average molecular weight is 248 g/mol. The first-order chi connectivity index (χ1) is 8.58. The maximum absolute atomic E-state index is 12.5. The van der Waals surface area contributed by atoms with Crippen LogP contribution in [0, 0.1) is 6.92 Å². The monoisotopic (exact) mass is 248 g/mol. The minimum Gasteiger partial charge on any atom is -0.399 e. The summed E-state index contributed by atoms with van der Waals surface area (Å²) in [7, 11) is 0. The number of benzene rings is 1. The number of hydrogen-bond acceptors (Lipinski definition) is 3. The molecule has 0 aromatic heterocycles. The Balaban J connectivity index is 2.21. The van der Waals surface area contributed by atoms with Crippen LogP contribution in [0.3, 0.4) is 0 Å². The summed E-state index contributed by atoms with van der Waals surface area (Å²) >= 11 is 0. The fourth-order valence-electron chi connectivity index (χ4n) is 2.22. The Morgan fingerprint density at radius 2 is 2.28 bits per heavy atom. The smallest absolute Gasteiger partial charge is 0.254 e. The lowest BCUT2D eigenvalue weighted by atomic mass is 10.1. The first-order valence-electron chi connectivity index (χ1n) is 6.35. The highest BCUT2D eigenvalue weighted by Gasteiger charge is 2.22. The van der Waals surface area contributed by atoms with Crippen molar-refractivity contribution in [2.24, 2.45) is 0 Å². The highest BCUT2D eigenvalue weighted by atomic mass is 16.5. The first kappa shape index (κ1) is 12.9. The Morgan fingerprint density at radius 1 is 1.50 bits per heavy atom. The summed E-state index contributed by atoms with van der Waals surface area (Å²) in [6.07, 6.45) is 0.982. The zero-order chi connectivity index (χ0) is 13.1. The fourth-order valence-corrected chi connectivity index (χ4v) is 2.22. The van der Waals surface area contributed by atoms with E-state index in [9.17, 15) is 4.79 Å². The molecule has 2 N–H and O–H groups in total. The second-order valence-electron chi connectivity index (χ2n) is 4.86. The molecule has 0 saturated carbocycles. The molecular weight excluding hydrogens is 228 g/mol. The van der Waals surface area contributed by atoms with Crippen LogP contribution in [0.15, 0.2) is 18.2 Å². The van der Waals surface area contributed by atoms with E-state index in [1.54, 1.807) is 6.07 Å². The molecule has 4 heteroatoms. The van der Waals surface area contributed by atoms with Gasteiger partial charge in [-0.05, 0) is 38.0 Å². The molecule has 18 heavy (non-hydrogen) atoms. The summed E-state index contributed by atoms with van der Waals surface area (Å²) in [5, 5.41) is 0. The van der Waals surface area contributed by atoms with Crippen molar-refractivity contribution >= 4 is 11.6 Å². The van der Waals surface area contributed by atoms with E-state index in [0.29, 0.717) is 17.8 Å². The van der Waals surface area contributed by atoms with Gasteiger partial charge in [-0.3, -0.25) is 4.79 Å². The molecule has 0 radical (unpaired) electrons. The normalized spacial score (nSPS) is 20.6. The van der Waals surface area contributed by atoms with Crippen LogP contribution in [-0.2, 0) is 4.74 Å². The Morgan fingerprint density at radius 3 is 3.06 bits per heavy atom. The molecule has 0 bridgehead atoms. The van der Waals surface area contributed by atoms with Gasteiger partial charge in [-0.25, -0.2) is 0 Å². The molecule has 98 valence electrons. The summed E-state index contributed by atoms with van der Waals surface area (Å²) in [5.74, 6) is 0.0529. The van der Waals surface area contributed by atoms with E-state index in [4.69, 9.17) is 10.5 Å².